The fraction of sp³-hybridized carbons (Fsp3) is 1.00. The maximum Gasteiger partial charge on any atom is -0.00462 e. The highest BCUT2D eigenvalue weighted by atomic mass is 14.6. The summed E-state index contributed by atoms with van der Waals surface area (Å²) in [4.78, 5) is 0. The molecular formula is C10H21N. The van der Waals surface area contributed by atoms with E-state index in [0.29, 0.717) is 0 Å². The Morgan fingerprint density at radius 3 is 2.55 bits per heavy atom. The van der Waals surface area contributed by atoms with Gasteiger partial charge in [0.1, 0.15) is 0 Å². The van der Waals surface area contributed by atoms with Crippen molar-refractivity contribution in [2.24, 2.45) is 23.5 Å². The molecular weight excluding hydrogens is 134 g/mol. The summed E-state index contributed by atoms with van der Waals surface area (Å²) in [6, 6.07) is 0. The third-order valence-electron chi connectivity index (χ3n) is 3.23. The third-order valence-corrected chi connectivity index (χ3v) is 3.23. The van der Waals surface area contributed by atoms with Gasteiger partial charge in [0.15, 0.2) is 0 Å². The van der Waals surface area contributed by atoms with Crippen LogP contribution in [0, 0.1) is 17.8 Å². The molecule has 0 saturated heterocycles. The van der Waals surface area contributed by atoms with E-state index in [2.05, 4.69) is 13.8 Å². The lowest BCUT2D eigenvalue weighted by atomic mass is 9.73. The first-order chi connectivity index (χ1) is 5.27. The van der Waals surface area contributed by atoms with Crippen molar-refractivity contribution in [3.05, 3.63) is 0 Å². The van der Waals surface area contributed by atoms with E-state index in [9.17, 15) is 0 Å². The highest BCUT2D eigenvalue weighted by Crippen LogP contribution is 2.34. The molecule has 1 saturated carbocycles. The van der Waals surface area contributed by atoms with E-state index in [1.54, 1.807) is 0 Å². The van der Waals surface area contributed by atoms with Gasteiger partial charge >= 0.3 is 0 Å². The van der Waals surface area contributed by atoms with Crippen LogP contribution in [0.2, 0.25) is 0 Å². The Morgan fingerprint density at radius 1 is 1.27 bits per heavy atom. The first kappa shape index (κ1) is 9.05. The third kappa shape index (κ3) is 2.19. The molecule has 1 aliphatic rings. The number of rotatable bonds is 2. The van der Waals surface area contributed by atoms with Crippen molar-refractivity contribution in [2.45, 2.75) is 39.5 Å². The summed E-state index contributed by atoms with van der Waals surface area (Å²) in [5.74, 6) is 2.70. The molecule has 3 unspecified atom stereocenters. The zero-order chi connectivity index (χ0) is 8.27. The fourth-order valence-electron chi connectivity index (χ4n) is 2.37. The lowest BCUT2D eigenvalue weighted by molar-refractivity contribution is 0.189. The van der Waals surface area contributed by atoms with Gasteiger partial charge < -0.3 is 5.73 Å². The van der Waals surface area contributed by atoms with Gasteiger partial charge in [-0.25, -0.2) is 0 Å². The van der Waals surface area contributed by atoms with Crippen LogP contribution in [0.3, 0.4) is 0 Å². The van der Waals surface area contributed by atoms with E-state index < -0.39 is 0 Å². The van der Waals surface area contributed by atoms with Gasteiger partial charge in [-0.3, -0.25) is 0 Å². The Morgan fingerprint density at radius 2 is 2.00 bits per heavy atom. The first-order valence-electron chi connectivity index (χ1n) is 4.98. The first-order valence-corrected chi connectivity index (χ1v) is 4.98. The quantitative estimate of drug-likeness (QED) is 0.651. The largest absolute Gasteiger partial charge is 0.330 e. The van der Waals surface area contributed by atoms with E-state index in [0.717, 1.165) is 24.3 Å². The monoisotopic (exact) mass is 155 g/mol. The average Bonchev–Trinajstić information content (AvgIpc) is 2.04. The van der Waals surface area contributed by atoms with Crippen LogP contribution in [0.5, 0.6) is 0 Å². The maximum atomic E-state index is 5.71. The molecule has 1 fully saturated rings. The van der Waals surface area contributed by atoms with Crippen molar-refractivity contribution in [1.29, 1.82) is 0 Å². The molecule has 0 amide bonds. The van der Waals surface area contributed by atoms with Crippen molar-refractivity contribution in [1.82, 2.24) is 0 Å². The van der Waals surface area contributed by atoms with Gasteiger partial charge in [0.2, 0.25) is 0 Å². The Hall–Kier alpha value is -0.0400. The van der Waals surface area contributed by atoms with Gasteiger partial charge in [0.25, 0.3) is 0 Å². The van der Waals surface area contributed by atoms with Crippen molar-refractivity contribution in [3.8, 4) is 0 Å². The van der Waals surface area contributed by atoms with Crippen LogP contribution in [0.15, 0.2) is 0 Å². The molecule has 0 radical (unpaired) electrons. The Balaban J connectivity index is 2.41. The molecule has 0 heterocycles. The molecule has 1 aliphatic carbocycles. The van der Waals surface area contributed by atoms with Crippen LogP contribution in [0.25, 0.3) is 0 Å². The standard InChI is InChI=1S/C10H21N/c1-3-9-6-8(2)4-5-10(9)7-11/h8-10H,3-7,11H2,1-2H3. The zero-order valence-corrected chi connectivity index (χ0v) is 7.84. The second-order valence-corrected chi connectivity index (χ2v) is 4.08. The fourth-order valence-corrected chi connectivity index (χ4v) is 2.37. The van der Waals surface area contributed by atoms with Gasteiger partial charge in [0, 0.05) is 0 Å². The summed E-state index contributed by atoms with van der Waals surface area (Å²) in [7, 11) is 0. The molecule has 0 bridgehead atoms. The molecule has 66 valence electrons. The van der Waals surface area contributed by atoms with E-state index in [1.807, 2.05) is 0 Å². The van der Waals surface area contributed by atoms with Gasteiger partial charge in [-0.2, -0.15) is 0 Å². The Kier molecular flexibility index (Phi) is 3.38. The Labute approximate surface area is 70.4 Å². The van der Waals surface area contributed by atoms with Crippen LogP contribution < -0.4 is 5.73 Å². The molecule has 1 nitrogen and oxygen atoms in total. The van der Waals surface area contributed by atoms with Crippen molar-refractivity contribution < 1.29 is 0 Å². The molecule has 2 N–H and O–H groups in total. The topological polar surface area (TPSA) is 26.0 Å². The van der Waals surface area contributed by atoms with Crippen LogP contribution >= 0.6 is 0 Å². The van der Waals surface area contributed by atoms with Crippen LogP contribution in [-0.2, 0) is 0 Å². The van der Waals surface area contributed by atoms with Gasteiger partial charge in [-0.1, -0.05) is 26.7 Å². The van der Waals surface area contributed by atoms with Crippen molar-refractivity contribution in [3.63, 3.8) is 0 Å². The lowest BCUT2D eigenvalue weighted by Crippen LogP contribution is -2.29. The number of hydrogen-bond acceptors (Lipinski definition) is 1. The Bertz CT molecular complexity index is 111. The molecule has 11 heavy (non-hydrogen) atoms. The summed E-state index contributed by atoms with van der Waals surface area (Å²) in [6.45, 7) is 5.58. The molecule has 0 spiro atoms. The van der Waals surface area contributed by atoms with Crippen LogP contribution in [0.1, 0.15) is 39.5 Å². The van der Waals surface area contributed by atoms with E-state index in [-0.39, 0.29) is 0 Å². The second-order valence-electron chi connectivity index (χ2n) is 4.08. The molecule has 0 aromatic carbocycles. The predicted molar refractivity (Wildman–Crippen MR) is 49.3 cm³/mol. The lowest BCUT2D eigenvalue weighted by Gasteiger charge is -2.33. The zero-order valence-electron chi connectivity index (χ0n) is 7.84. The number of hydrogen-bond donors (Lipinski definition) is 1. The maximum absolute atomic E-state index is 5.71. The van der Waals surface area contributed by atoms with Crippen molar-refractivity contribution >= 4 is 0 Å². The molecule has 1 rings (SSSR count). The minimum atomic E-state index is 0.830. The molecule has 0 aromatic rings. The average molecular weight is 155 g/mol. The minimum Gasteiger partial charge on any atom is -0.330 e. The summed E-state index contributed by atoms with van der Waals surface area (Å²) in [5.41, 5.74) is 5.71. The SMILES string of the molecule is CCC1CC(C)CCC1CN. The molecule has 3 atom stereocenters. The second kappa shape index (κ2) is 4.10. The summed E-state index contributed by atoms with van der Waals surface area (Å²) in [5, 5.41) is 0. The van der Waals surface area contributed by atoms with Gasteiger partial charge in [-0.05, 0) is 37.1 Å². The normalized spacial score (nSPS) is 39.0. The predicted octanol–water partition coefficient (Wildman–Crippen LogP) is 2.41. The minimum absolute atomic E-state index is 0.830. The molecule has 0 aromatic heterocycles. The van der Waals surface area contributed by atoms with Crippen LogP contribution in [0.4, 0.5) is 0 Å². The highest BCUT2D eigenvalue weighted by molar-refractivity contribution is 4.78. The van der Waals surface area contributed by atoms with Crippen molar-refractivity contribution in [2.75, 3.05) is 6.54 Å². The summed E-state index contributed by atoms with van der Waals surface area (Å²) < 4.78 is 0. The summed E-state index contributed by atoms with van der Waals surface area (Å²) >= 11 is 0. The van der Waals surface area contributed by atoms with Gasteiger partial charge in [0.05, 0.1) is 0 Å². The molecule has 0 aliphatic heterocycles. The van der Waals surface area contributed by atoms with E-state index in [1.165, 1.54) is 25.7 Å². The van der Waals surface area contributed by atoms with Gasteiger partial charge in [-0.15, -0.1) is 0 Å². The van der Waals surface area contributed by atoms with E-state index >= 15 is 0 Å². The molecule has 1 heteroatoms. The highest BCUT2D eigenvalue weighted by Gasteiger charge is 2.25. The van der Waals surface area contributed by atoms with E-state index in [4.69, 9.17) is 5.73 Å². The summed E-state index contributed by atoms with van der Waals surface area (Å²) in [6.07, 6.45) is 5.51. The number of nitrogens with two attached hydrogens (primary N) is 1. The smallest absolute Gasteiger partial charge is 0.00462 e. The van der Waals surface area contributed by atoms with Crippen LogP contribution in [-0.4, -0.2) is 6.54 Å².